The smallest absolute Gasteiger partial charge is 0.321 e. The number of carbonyl (C=O) groups excluding carboxylic acids is 1. The molecule has 0 saturated carbocycles. The van der Waals surface area contributed by atoms with Gasteiger partial charge in [0, 0.05) is 42.5 Å². The predicted molar refractivity (Wildman–Crippen MR) is 131 cm³/mol. The van der Waals surface area contributed by atoms with E-state index in [4.69, 9.17) is 0 Å². The molecule has 1 aromatic heterocycles. The van der Waals surface area contributed by atoms with Gasteiger partial charge in [-0.05, 0) is 65.1 Å². The first-order chi connectivity index (χ1) is 16.5. The standard InChI is InChI=1S/C28H24FN3O2/c29-23-6-3-7-24(14-23)30-28(34)31-15-18-12-22(17-31)26-11-10-25(27(33)32(26)16-18)21-9-8-19-4-1-2-5-20(19)13-21/h1-11,13-14,18,22H,12,15-17H2,(H,30,34)/t18-,22-/m1/s1. The highest BCUT2D eigenvalue weighted by Gasteiger charge is 2.36. The molecule has 2 atom stereocenters. The van der Waals surface area contributed by atoms with Gasteiger partial charge in [0.2, 0.25) is 0 Å². The van der Waals surface area contributed by atoms with Gasteiger partial charge in [-0.25, -0.2) is 9.18 Å². The summed E-state index contributed by atoms with van der Waals surface area (Å²) in [6, 6.07) is 23.9. The molecule has 1 saturated heterocycles. The second kappa shape index (κ2) is 8.13. The molecule has 3 heterocycles. The molecule has 2 amide bonds. The molecule has 4 aromatic rings. The van der Waals surface area contributed by atoms with Gasteiger partial charge in [-0.3, -0.25) is 4.79 Å². The number of urea groups is 1. The van der Waals surface area contributed by atoms with E-state index in [1.54, 1.807) is 17.0 Å². The van der Waals surface area contributed by atoms with Crippen molar-refractivity contribution < 1.29 is 9.18 Å². The van der Waals surface area contributed by atoms with Crippen LogP contribution in [0.3, 0.4) is 0 Å². The number of nitrogens with zero attached hydrogens (tertiary/aromatic N) is 2. The van der Waals surface area contributed by atoms with Crippen molar-refractivity contribution in [3.63, 3.8) is 0 Å². The van der Waals surface area contributed by atoms with Gasteiger partial charge < -0.3 is 14.8 Å². The number of pyridine rings is 1. The number of nitrogens with one attached hydrogen (secondary N) is 1. The Bertz CT molecular complexity index is 1480. The van der Waals surface area contributed by atoms with E-state index < -0.39 is 0 Å². The molecule has 2 aliphatic rings. The van der Waals surface area contributed by atoms with Crippen molar-refractivity contribution in [1.82, 2.24) is 9.47 Å². The fraction of sp³-hybridized carbons (Fsp3) is 0.214. The van der Waals surface area contributed by atoms with Gasteiger partial charge in [0.15, 0.2) is 0 Å². The Kier molecular flexibility index (Phi) is 4.94. The number of likely N-dealkylation sites (tertiary alicyclic amines) is 1. The number of benzene rings is 3. The minimum absolute atomic E-state index is 0.0279. The zero-order chi connectivity index (χ0) is 23.2. The van der Waals surface area contributed by atoms with Crippen molar-refractivity contribution in [2.45, 2.75) is 18.9 Å². The largest absolute Gasteiger partial charge is 0.324 e. The average molecular weight is 454 g/mol. The zero-order valence-corrected chi connectivity index (χ0v) is 18.6. The lowest BCUT2D eigenvalue weighted by Crippen LogP contribution is -2.50. The third-order valence-corrected chi connectivity index (χ3v) is 7.03. The normalized spacial score (nSPS) is 19.0. The molecule has 34 heavy (non-hydrogen) atoms. The van der Waals surface area contributed by atoms with Crippen LogP contribution in [0.25, 0.3) is 21.9 Å². The molecule has 170 valence electrons. The van der Waals surface area contributed by atoms with E-state index in [9.17, 15) is 14.0 Å². The first kappa shape index (κ1) is 20.7. The highest BCUT2D eigenvalue weighted by molar-refractivity contribution is 5.89. The van der Waals surface area contributed by atoms with Crippen molar-refractivity contribution in [2.24, 2.45) is 5.92 Å². The second-order valence-electron chi connectivity index (χ2n) is 9.29. The summed E-state index contributed by atoms with van der Waals surface area (Å²) in [5.74, 6) is -0.0815. The molecule has 0 spiro atoms. The number of amides is 2. The molecule has 0 unspecified atom stereocenters. The molecule has 2 bridgehead atoms. The third kappa shape index (κ3) is 3.65. The molecule has 5 nitrogen and oxygen atoms in total. The van der Waals surface area contributed by atoms with E-state index in [0.29, 0.717) is 30.9 Å². The second-order valence-corrected chi connectivity index (χ2v) is 9.29. The lowest BCUT2D eigenvalue weighted by molar-refractivity contribution is 0.139. The number of aromatic nitrogens is 1. The third-order valence-electron chi connectivity index (χ3n) is 7.03. The van der Waals surface area contributed by atoms with Gasteiger partial charge >= 0.3 is 6.03 Å². The van der Waals surface area contributed by atoms with Crippen LogP contribution in [-0.4, -0.2) is 28.6 Å². The van der Waals surface area contributed by atoms with Gasteiger partial charge in [0.25, 0.3) is 5.56 Å². The van der Waals surface area contributed by atoms with Crippen molar-refractivity contribution >= 4 is 22.5 Å². The molecule has 0 aliphatic carbocycles. The minimum atomic E-state index is -0.385. The number of carbonyl (C=O) groups is 1. The van der Waals surface area contributed by atoms with Crippen LogP contribution in [0.4, 0.5) is 14.9 Å². The first-order valence-corrected chi connectivity index (χ1v) is 11.6. The maximum absolute atomic E-state index is 13.5. The molecule has 0 radical (unpaired) electrons. The fourth-order valence-electron chi connectivity index (χ4n) is 5.46. The van der Waals surface area contributed by atoms with E-state index in [1.165, 1.54) is 12.1 Å². The summed E-state index contributed by atoms with van der Waals surface area (Å²) >= 11 is 0. The molecule has 1 fully saturated rings. The Balaban J connectivity index is 1.27. The summed E-state index contributed by atoms with van der Waals surface area (Å²) in [6.45, 7) is 1.70. The first-order valence-electron chi connectivity index (χ1n) is 11.6. The van der Waals surface area contributed by atoms with Gasteiger partial charge in [-0.1, -0.05) is 42.5 Å². The summed E-state index contributed by atoms with van der Waals surface area (Å²) in [5, 5.41) is 5.06. The van der Waals surface area contributed by atoms with E-state index in [0.717, 1.165) is 28.5 Å². The monoisotopic (exact) mass is 453 g/mol. The topological polar surface area (TPSA) is 54.3 Å². The van der Waals surface area contributed by atoms with Crippen LogP contribution < -0.4 is 10.9 Å². The van der Waals surface area contributed by atoms with Crippen LogP contribution in [0, 0.1) is 11.7 Å². The molecule has 2 aliphatic heterocycles. The van der Waals surface area contributed by atoms with Gasteiger partial charge in [-0.15, -0.1) is 0 Å². The van der Waals surface area contributed by atoms with Gasteiger partial charge in [0.05, 0.1) is 0 Å². The molecule has 1 N–H and O–H groups in total. The van der Waals surface area contributed by atoms with Crippen LogP contribution >= 0.6 is 0 Å². The molecular weight excluding hydrogens is 429 g/mol. The Morgan fingerprint density at radius 3 is 2.59 bits per heavy atom. The molecular formula is C28H24FN3O2. The van der Waals surface area contributed by atoms with Crippen LogP contribution in [0.15, 0.2) is 83.7 Å². The number of rotatable bonds is 2. The van der Waals surface area contributed by atoms with E-state index >= 15 is 0 Å². The summed E-state index contributed by atoms with van der Waals surface area (Å²) in [4.78, 5) is 28.1. The number of fused-ring (bicyclic) bond motifs is 5. The maximum atomic E-state index is 13.5. The van der Waals surface area contributed by atoms with Crippen LogP contribution in [0.5, 0.6) is 0 Å². The number of hydrogen-bond donors (Lipinski definition) is 1. The Hall–Kier alpha value is -3.93. The van der Waals surface area contributed by atoms with Crippen molar-refractivity contribution in [2.75, 3.05) is 18.4 Å². The predicted octanol–water partition coefficient (Wildman–Crippen LogP) is 5.46. The lowest BCUT2D eigenvalue weighted by atomic mass is 9.83. The Morgan fingerprint density at radius 2 is 1.74 bits per heavy atom. The van der Waals surface area contributed by atoms with E-state index in [1.807, 2.05) is 34.9 Å². The molecule has 3 aromatic carbocycles. The average Bonchev–Trinajstić information content (AvgIpc) is 2.84. The van der Waals surface area contributed by atoms with Crippen LogP contribution in [0.2, 0.25) is 0 Å². The SMILES string of the molecule is O=C(Nc1cccc(F)c1)N1C[C@H]2C[C@H](C1)c1ccc(-c3ccc4ccccc4c3)c(=O)n1C2. The van der Waals surface area contributed by atoms with Crippen molar-refractivity contribution in [3.8, 4) is 11.1 Å². The molecule has 6 rings (SSSR count). The number of hydrogen-bond acceptors (Lipinski definition) is 2. The van der Waals surface area contributed by atoms with Crippen molar-refractivity contribution in [1.29, 1.82) is 0 Å². The van der Waals surface area contributed by atoms with Crippen LogP contribution in [0.1, 0.15) is 18.0 Å². The number of piperidine rings is 1. The summed E-state index contributed by atoms with van der Waals surface area (Å²) in [5.41, 5.74) is 3.08. The quantitative estimate of drug-likeness (QED) is 0.438. The summed E-state index contributed by atoms with van der Waals surface area (Å²) in [7, 11) is 0. The Labute approximate surface area is 196 Å². The van der Waals surface area contributed by atoms with Crippen molar-refractivity contribution in [3.05, 3.63) is 101 Å². The number of halogens is 1. The summed E-state index contributed by atoms with van der Waals surface area (Å²) in [6.07, 6.45) is 0.957. The minimum Gasteiger partial charge on any atom is -0.324 e. The summed E-state index contributed by atoms with van der Waals surface area (Å²) < 4.78 is 15.4. The maximum Gasteiger partial charge on any atom is 0.321 e. The highest BCUT2D eigenvalue weighted by Crippen LogP contribution is 2.36. The van der Waals surface area contributed by atoms with E-state index in [-0.39, 0.29) is 29.2 Å². The van der Waals surface area contributed by atoms with Gasteiger partial charge in [-0.2, -0.15) is 0 Å². The van der Waals surface area contributed by atoms with E-state index in [2.05, 4.69) is 29.6 Å². The molecule has 6 heteroatoms. The fourth-order valence-corrected chi connectivity index (χ4v) is 5.46. The Morgan fingerprint density at radius 1 is 0.882 bits per heavy atom. The van der Waals surface area contributed by atoms with Crippen LogP contribution in [-0.2, 0) is 6.54 Å². The lowest BCUT2D eigenvalue weighted by Gasteiger charge is -2.42. The highest BCUT2D eigenvalue weighted by atomic mass is 19.1. The zero-order valence-electron chi connectivity index (χ0n) is 18.6. The number of anilines is 1. The van der Waals surface area contributed by atoms with Gasteiger partial charge in [0.1, 0.15) is 5.82 Å².